The Morgan fingerprint density at radius 3 is 2.05 bits per heavy atom. The second kappa shape index (κ2) is 14.8. The Bertz CT molecular complexity index is 901. The Morgan fingerprint density at radius 2 is 1.62 bits per heavy atom. The molecule has 0 saturated carbocycles. The molecule has 1 aromatic rings. The van der Waals surface area contributed by atoms with Crippen LogP contribution in [0.2, 0.25) is 0 Å². The Labute approximate surface area is 226 Å². The fourth-order valence-corrected chi connectivity index (χ4v) is 5.32. The molecule has 0 unspecified atom stereocenters. The van der Waals surface area contributed by atoms with E-state index in [9.17, 15) is 31.1 Å². The van der Waals surface area contributed by atoms with Crippen molar-refractivity contribution in [3.05, 3.63) is 22.4 Å². The van der Waals surface area contributed by atoms with E-state index in [1.54, 1.807) is 11.3 Å². The van der Waals surface area contributed by atoms with Crippen molar-refractivity contribution in [3.63, 3.8) is 0 Å². The third kappa shape index (κ3) is 11.3. The molecule has 2 aliphatic rings. The maximum absolute atomic E-state index is 12.9. The number of halogens is 6. The molecule has 0 amide bonds. The van der Waals surface area contributed by atoms with Crippen LogP contribution in [-0.2, 0) is 25.7 Å². The number of nitrogens with zero attached hydrogens (tertiary/aromatic N) is 2. The summed E-state index contributed by atoms with van der Waals surface area (Å²) in [5, 5.41) is 18.6. The lowest BCUT2D eigenvalue weighted by Crippen LogP contribution is -2.42. The van der Waals surface area contributed by atoms with Gasteiger partial charge in [0.05, 0.1) is 12.0 Å². The number of ether oxygens (including phenoxy) is 1. The first kappa shape index (κ1) is 34.6. The zero-order valence-electron chi connectivity index (χ0n) is 21.8. The smallest absolute Gasteiger partial charge is 0.475 e. The Hall–Kier alpha value is -2.39. The summed E-state index contributed by atoms with van der Waals surface area (Å²) in [7, 11) is 0. The fourth-order valence-electron chi connectivity index (χ4n) is 4.66. The van der Waals surface area contributed by atoms with Gasteiger partial charge in [0.2, 0.25) is 0 Å². The lowest BCUT2D eigenvalue weighted by Gasteiger charge is -2.31. The van der Waals surface area contributed by atoms with Crippen molar-refractivity contribution < 1.29 is 55.7 Å². The standard InChI is InChI=1S/C20H32N2O2S.2C2HF3O2/c1-4-24-19(23)20-7-5-8-21(11-17-6-9-25-14-17)12-18(20)13-22(15-20)10-16(2)3;2*3-2(4,5)1(6)7/h6,9,14,16,18H,4-5,7-8,10-13,15H2,1-3H3;2*(H,6,7)/t18-,20-;;/m0../s1. The molecule has 2 N–H and O–H groups in total. The summed E-state index contributed by atoms with van der Waals surface area (Å²) in [5.41, 5.74) is 1.10. The summed E-state index contributed by atoms with van der Waals surface area (Å²) in [5.74, 6) is -4.46. The molecular weight excluding hydrogens is 558 g/mol. The van der Waals surface area contributed by atoms with Gasteiger partial charge in [0, 0.05) is 38.6 Å². The molecule has 2 fully saturated rings. The van der Waals surface area contributed by atoms with Crippen molar-refractivity contribution in [1.29, 1.82) is 0 Å². The van der Waals surface area contributed by atoms with Crippen LogP contribution in [0.25, 0.3) is 0 Å². The summed E-state index contributed by atoms with van der Waals surface area (Å²) in [6.07, 6.45) is -8.12. The second-order valence-electron chi connectivity index (χ2n) is 9.74. The summed E-state index contributed by atoms with van der Waals surface area (Å²) in [6, 6.07) is 2.22. The van der Waals surface area contributed by atoms with Crippen molar-refractivity contribution in [1.82, 2.24) is 9.80 Å². The molecular formula is C24H34F6N2O6S. The van der Waals surface area contributed by atoms with E-state index in [0.29, 0.717) is 18.4 Å². The Kier molecular flexibility index (Phi) is 13.2. The lowest BCUT2D eigenvalue weighted by atomic mass is 9.75. The van der Waals surface area contributed by atoms with Gasteiger partial charge in [0.15, 0.2) is 0 Å². The monoisotopic (exact) mass is 592 g/mol. The first-order valence-corrected chi connectivity index (χ1v) is 13.1. The highest BCUT2D eigenvalue weighted by atomic mass is 32.1. The van der Waals surface area contributed by atoms with Gasteiger partial charge in [-0.25, -0.2) is 9.59 Å². The number of fused-ring (bicyclic) bond motifs is 1. The molecule has 2 saturated heterocycles. The second-order valence-corrected chi connectivity index (χ2v) is 10.5. The topological polar surface area (TPSA) is 107 Å². The van der Waals surface area contributed by atoms with E-state index >= 15 is 0 Å². The Balaban J connectivity index is 0.000000449. The van der Waals surface area contributed by atoms with Gasteiger partial charge in [-0.1, -0.05) is 13.8 Å². The minimum atomic E-state index is -5.08. The number of alkyl halides is 6. The molecule has 1 aromatic heterocycles. The van der Waals surface area contributed by atoms with Crippen molar-refractivity contribution >= 4 is 29.2 Å². The lowest BCUT2D eigenvalue weighted by molar-refractivity contribution is -0.193. The molecule has 15 heteroatoms. The number of hydrogen-bond donors (Lipinski definition) is 2. The molecule has 2 aliphatic heterocycles. The van der Waals surface area contributed by atoms with Crippen molar-refractivity contribution in [2.75, 3.05) is 39.3 Å². The van der Waals surface area contributed by atoms with Crippen LogP contribution in [0.4, 0.5) is 26.3 Å². The number of esters is 1. The summed E-state index contributed by atoms with van der Waals surface area (Å²) >= 11 is 1.76. The van der Waals surface area contributed by atoms with Gasteiger partial charge >= 0.3 is 30.3 Å². The maximum atomic E-state index is 12.9. The minimum absolute atomic E-state index is 0.0450. The number of hydrogen-bond acceptors (Lipinski definition) is 7. The van der Waals surface area contributed by atoms with E-state index in [0.717, 1.165) is 52.1 Å². The van der Waals surface area contributed by atoms with Crippen molar-refractivity contribution in [2.45, 2.75) is 52.5 Å². The van der Waals surface area contributed by atoms with Crippen LogP contribution in [-0.4, -0.2) is 89.6 Å². The van der Waals surface area contributed by atoms with Gasteiger partial charge in [-0.2, -0.15) is 37.7 Å². The van der Waals surface area contributed by atoms with E-state index in [4.69, 9.17) is 24.5 Å². The third-order valence-electron chi connectivity index (χ3n) is 6.12. The molecule has 0 aliphatic carbocycles. The average molecular weight is 593 g/mol. The van der Waals surface area contributed by atoms with Gasteiger partial charge < -0.3 is 19.8 Å². The normalized spacial score (nSPS) is 22.1. The van der Waals surface area contributed by atoms with Crippen molar-refractivity contribution in [3.8, 4) is 0 Å². The third-order valence-corrected chi connectivity index (χ3v) is 6.85. The van der Waals surface area contributed by atoms with E-state index < -0.39 is 24.3 Å². The first-order valence-electron chi connectivity index (χ1n) is 12.2. The van der Waals surface area contributed by atoms with Gasteiger partial charge in [-0.15, -0.1) is 0 Å². The van der Waals surface area contributed by atoms with Crippen molar-refractivity contribution in [2.24, 2.45) is 17.3 Å². The van der Waals surface area contributed by atoms with E-state index in [-0.39, 0.29) is 11.4 Å². The molecule has 0 spiro atoms. The molecule has 8 nitrogen and oxygen atoms in total. The molecule has 39 heavy (non-hydrogen) atoms. The number of carbonyl (C=O) groups is 3. The molecule has 224 valence electrons. The van der Waals surface area contributed by atoms with Crippen LogP contribution >= 0.6 is 11.3 Å². The SMILES string of the molecule is CCOC(=O)[C@]12CCCN(Cc3ccsc3)C[C@H]1CN(CC(C)C)C2.O=C(O)C(F)(F)F.O=C(O)C(F)(F)F. The number of carbonyl (C=O) groups excluding carboxylic acids is 1. The average Bonchev–Trinajstić information content (AvgIpc) is 3.37. The zero-order valence-corrected chi connectivity index (χ0v) is 22.7. The molecule has 0 radical (unpaired) electrons. The summed E-state index contributed by atoms with van der Waals surface area (Å²) < 4.78 is 69.0. The van der Waals surface area contributed by atoms with Crippen LogP contribution in [0.5, 0.6) is 0 Å². The number of carboxylic acid groups (broad SMARTS) is 2. The number of rotatable bonds is 6. The van der Waals surface area contributed by atoms with Crippen LogP contribution in [0, 0.1) is 17.3 Å². The van der Waals surface area contributed by atoms with E-state index in [1.165, 1.54) is 5.56 Å². The van der Waals surface area contributed by atoms with E-state index in [1.807, 2.05) is 6.92 Å². The number of carboxylic acids is 2. The highest BCUT2D eigenvalue weighted by molar-refractivity contribution is 7.07. The molecule has 3 rings (SSSR count). The predicted octanol–water partition coefficient (Wildman–Crippen LogP) is 4.75. The molecule has 3 heterocycles. The van der Waals surface area contributed by atoms with Gasteiger partial charge in [0.1, 0.15) is 0 Å². The van der Waals surface area contributed by atoms with Crippen LogP contribution in [0.3, 0.4) is 0 Å². The number of thiophene rings is 1. The highest BCUT2D eigenvalue weighted by Gasteiger charge is 2.53. The Morgan fingerprint density at radius 1 is 1.08 bits per heavy atom. The summed E-state index contributed by atoms with van der Waals surface area (Å²) in [4.78, 5) is 35.8. The zero-order chi connectivity index (χ0) is 30.0. The van der Waals surface area contributed by atoms with Gasteiger partial charge in [-0.05, 0) is 54.6 Å². The molecule has 0 bridgehead atoms. The summed E-state index contributed by atoms with van der Waals surface area (Å²) in [6.45, 7) is 13.0. The highest BCUT2D eigenvalue weighted by Crippen LogP contribution is 2.44. The number of likely N-dealkylation sites (tertiary alicyclic amines) is 2. The van der Waals surface area contributed by atoms with Crippen LogP contribution in [0.1, 0.15) is 39.2 Å². The fraction of sp³-hybridized carbons (Fsp3) is 0.708. The molecule has 2 atom stereocenters. The van der Waals surface area contributed by atoms with Gasteiger partial charge in [-0.3, -0.25) is 9.69 Å². The quantitative estimate of drug-likeness (QED) is 0.360. The van der Waals surface area contributed by atoms with Crippen LogP contribution < -0.4 is 0 Å². The minimum Gasteiger partial charge on any atom is -0.475 e. The number of aliphatic carboxylic acids is 2. The largest absolute Gasteiger partial charge is 0.490 e. The maximum Gasteiger partial charge on any atom is 0.490 e. The van der Waals surface area contributed by atoms with Crippen LogP contribution in [0.15, 0.2) is 16.8 Å². The first-order chi connectivity index (χ1) is 17.9. The molecule has 0 aromatic carbocycles. The van der Waals surface area contributed by atoms with E-state index in [2.05, 4.69) is 40.5 Å². The predicted molar refractivity (Wildman–Crippen MR) is 130 cm³/mol. The van der Waals surface area contributed by atoms with Gasteiger partial charge in [0.25, 0.3) is 0 Å².